The molecule has 0 unspecified atom stereocenters. The molecule has 1 aromatic heterocycles. The Bertz CT molecular complexity index is 1150. The quantitative estimate of drug-likeness (QED) is 0.244. The minimum Gasteiger partial charge on any atom is -0.507 e. The number of aromatic amines is 1. The largest absolute Gasteiger partial charge is 0.507 e. The number of likely N-dealkylation sites (tertiary alicyclic amines) is 1. The van der Waals surface area contributed by atoms with Gasteiger partial charge in [0.2, 0.25) is 0 Å². The summed E-state index contributed by atoms with van der Waals surface area (Å²) in [6, 6.07) is 6.29. The molecule has 3 rings (SSSR count). The first-order valence-corrected chi connectivity index (χ1v) is 11.6. The van der Waals surface area contributed by atoms with Gasteiger partial charge in [-0.2, -0.15) is 0 Å². The zero-order valence-corrected chi connectivity index (χ0v) is 21.1. The summed E-state index contributed by atoms with van der Waals surface area (Å²) >= 11 is 0. The van der Waals surface area contributed by atoms with Gasteiger partial charge in [-0.15, -0.1) is 0 Å². The molecule has 2 aromatic rings. The number of nitrogens with one attached hydrogen (secondary N) is 1. The van der Waals surface area contributed by atoms with Crippen molar-refractivity contribution in [3.05, 3.63) is 57.9 Å². The van der Waals surface area contributed by atoms with E-state index < -0.39 is 23.7 Å². The maximum Gasteiger partial charge on any atom is 0.355 e. The molecule has 0 radical (unpaired) electrons. The third kappa shape index (κ3) is 5.09. The number of hydrogen-bond donors (Lipinski definition) is 2. The summed E-state index contributed by atoms with van der Waals surface area (Å²) in [7, 11) is 5.43. The minimum atomic E-state index is -0.775. The van der Waals surface area contributed by atoms with Crippen LogP contribution >= 0.6 is 0 Å². The summed E-state index contributed by atoms with van der Waals surface area (Å²) < 4.78 is 10.4. The van der Waals surface area contributed by atoms with Gasteiger partial charge < -0.3 is 29.4 Å². The number of hydrogen-bond acceptors (Lipinski definition) is 7. The van der Waals surface area contributed by atoms with Gasteiger partial charge in [0.15, 0.2) is 0 Å². The Hall–Kier alpha value is -3.59. The summed E-state index contributed by atoms with van der Waals surface area (Å²) in [5, 5.41) is 11.4. The lowest BCUT2D eigenvalue weighted by Crippen LogP contribution is -2.32. The van der Waals surface area contributed by atoms with Crippen LogP contribution in [0.3, 0.4) is 0 Å². The number of Topliss-reactive ketones (excluding diaryl/α,β-unsaturated/α-hetero) is 1. The van der Waals surface area contributed by atoms with E-state index in [4.69, 9.17) is 9.47 Å². The molecule has 9 heteroatoms. The molecule has 9 nitrogen and oxygen atoms in total. The highest BCUT2D eigenvalue weighted by molar-refractivity contribution is 6.46. The lowest BCUT2D eigenvalue weighted by Gasteiger charge is -2.26. The number of amides is 1. The molecule has 2 heterocycles. The van der Waals surface area contributed by atoms with Gasteiger partial charge >= 0.3 is 5.97 Å². The molecule has 0 aliphatic carbocycles. The van der Waals surface area contributed by atoms with Gasteiger partial charge in [-0.25, -0.2) is 4.79 Å². The van der Waals surface area contributed by atoms with Crippen molar-refractivity contribution >= 4 is 23.4 Å². The van der Waals surface area contributed by atoms with E-state index in [2.05, 4.69) is 4.98 Å². The number of nitrogens with zero attached hydrogens (tertiary/aromatic N) is 2. The molecule has 35 heavy (non-hydrogen) atoms. The maximum atomic E-state index is 13.3. The van der Waals surface area contributed by atoms with E-state index in [0.29, 0.717) is 41.1 Å². The second-order valence-corrected chi connectivity index (χ2v) is 8.77. The van der Waals surface area contributed by atoms with E-state index in [9.17, 15) is 19.5 Å². The van der Waals surface area contributed by atoms with E-state index in [0.717, 1.165) is 6.54 Å². The number of benzene rings is 1. The van der Waals surface area contributed by atoms with E-state index >= 15 is 0 Å². The first kappa shape index (κ1) is 26.0. The predicted molar refractivity (Wildman–Crippen MR) is 131 cm³/mol. The number of ether oxygens (including phenoxy) is 2. The van der Waals surface area contributed by atoms with Crippen LogP contribution in [0.2, 0.25) is 0 Å². The molecule has 1 fully saturated rings. The normalized spacial score (nSPS) is 17.3. The molecule has 1 aliphatic heterocycles. The zero-order chi connectivity index (χ0) is 25.9. The highest BCUT2D eigenvalue weighted by atomic mass is 16.5. The van der Waals surface area contributed by atoms with E-state index in [1.807, 2.05) is 19.0 Å². The Kier molecular flexibility index (Phi) is 8.01. The highest BCUT2D eigenvalue weighted by Gasteiger charge is 2.46. The first-order valence-electron chi connectivity index (χ1n) is 11.6. The van der Waals surface area contributed by atoms with Crippen molar-refractivity contribution in [1.29, 1.82) is 0 Å². The van der Waals surface area contributed by atoms with Crippen molar-refractivity contribution in [1.82, 2.24) is 14.8 Å². The molecule has 1 aliphatic rings. The molecule has 1 amide bonds. The number of aliphatic hydroxyl groups is 1. The number of esters is 1. The molecule has 0 spiro atoms. The number of aliphatic hydroxyl groups excluding tert-OH is 1. The number of ketones is 1. The Labute approximate surface area is 205 Å². The van der Waals surface area contributed by atoms with Crippen molar-refractivity contribution in [3.8, 4) is 5.75 Å². The third-order valence-electron chi connectivity index (χ3n) is 6.13. The van der Waals surface area contributed by atoms with Gasteiger partial charge in [-0.1, -0.05) is 12.1 Å². The fourth-order valence-corrected chi connectivity index (χ4v) is 4.45. The van der Waals surface area contributed by atoms with Gasteiger partial charge in [0.05, 0.1) is 25.3 Å². The first-order chi connectivity index (χ1) is 16.6. The van der Waals surface area contributed by atoms with Gasteiger partial charge in [0, 0.05) is 17.8 Å². The molecule has 1 saturated heterocycles. The van der Waals surface area contributed by atoms with Crippen molar-refractivity contribution in [3.63, 3.8) is 0 Å². The van der Waals surface area contributed by atoms with E-state index in [-0.39, 0.29) is 23.6 Å². The minimum absolute atomic E-state index is 0.00868. The van der Waals surface area contributed by atoms with Crippen molar-refractivity contribution in [2.45, 2.75) is 33.2 Å². The standard InChI is InChI=1S/C26H33N3O6/c1-7-35-26(33)21-15(2)19(16(3)27-21)23(30)20-22(17-9-11-18(34-6)12-10-17)29(25(32)24(20)31)14-8-13-28(4)5/h9-12,22,27,30H,7-8,13-14H2,1-6H3/t22-/m0/s1. The lowest BCUT2D eigenvalue weighted by atomic mass is 9.94. The smallest absolute Gasteiger partial charge is 0.355 e. The fraction of sp³-hybridized carbons (Fsp3) is 0.423. The Balaban J connectivity index is 2.15. The second kappa shape index (κ2) is 10.8. The molecule has 0 saturated carbocycles. The SMILES string of the molecule is CCOC(=O)c1[nH]c(C)c(C(O)=C2C(=O)C(=O)N(CCCN(C)C)[C@H]2c2ccc(OC)cc2)c1C. The van der Waals surface area contributed by atoms with Crippen LogP contribution in [0.5, 0.6) is 5.75 Å². The molecular weight excluding hydrogens is 450 g/mol. The van der Waals surface area contributed by atoms with Gasteiger partial charge in [-0.3, -0.25) is 9.59 Å². The molecule has 188 valence electrons. The monoisotopic (exact) mass is 483 g/mol. The number of aromatic nitrogens is 1. The van der Waals surface area contributed by atoms with Crippen LogP contribution in [0, 0.1) is 13.8 Å². The number of aryl methyl sites for hydroxylation is 1. The number of carbonyl (C=O) groups excluding carboxylic acids is 3. The third-order valence-corrected chi connectivity index (χ3v) is 6.13. The molecule has 0 bridgehead atoms. The number of H-pyrrole nitrogens is 1. The molecule has 1 aromatic carbocycles. The Morgan fingerprint density at radius 1 is 1.17 bits per heavy atom. The van der Waals surface area contributed by atoms with Crippen LogP contribution in [-0.2, 0) is 14.3 Å². The van der Waals surface area contributed by atoms with E-state index in [1.165, 1.54) is 4.90 Å². The number of methoxy groups -OCH3 is 1. The van der Waals surface area contributed by atoms with Crippen LogP contribution in [0.15, 0.2) is 29.8 Å². The number of carbonyl (C=O) groups is 3. The van der Waals surface area contributed by atoms with Gasteiger partial charge in [0.25, 0.3) is 11.7 Å². The summed E-state index contributed by atoms with van der Waals surface area (Å²) in [4.78, 5) is 45.2. The topological polar surface area (TPSA) is 112 Å². The Morgan fingerprint density at radius 3 is 2.40 bits per heavy atom. The zero-order valence-electron chi connectivity index (χ0n) is 21.1. The molecule has 2 N–H and O–H groups in total. The highest BCUT2D eigenvalue weighted by Crippen LogP contribution is 2.41. The lowest BCUT2D eigenvalue weighted by molar-refractivity contribution is -0.139. The summed E-state index contributed by atoms with van der Waals surface area (Å²) in [5.41, 5.74) is 2.13. The van der Waals surface area contributed by atoms with Crippen molar-refractivity contribution in [2.24, 2.45) is 0 Å². The van der Waals surface area contributed by atoms with Gasteiger partial charge in [-0.05, 0) is 71.1 Å². The predicted octanol–water partition coefficient (Wildman–Crippen LogP) is 3.19. The van der Waals surface area contributed by atoms with Crippen molar-refractivity contribution in [2.75, 3.05) is 40.9 Å². The summed E-state index contributed by atoms with van der Waals surface area (Å²) in [6.07, 6.45) is 0.655. The van der Waals surface area contributed by atoms with Crippen LogP contribution in [0.1, 0.15) is 52.3 Å². The average Bonchev–Trinajstić information content (AvgIpc) is 3.26. The Morgan fingerprint density at radius 2 is 1.83 bits per heavy atom. The van der Waals surface area contributed by atoms with Crippen LogP contribution in [-0.4, -0.2) is 78.5 Å². The summed E-state index contributed by atoms with van der Waals surface area (Å²) in [5.74, 6) is -1.66. The second-order valence-electron chi connectivity index (χ2n) is 8.77. The molecular formula is C26H33N3O6. The van der Waals surface area contributed by atoms with Gasteiger partial charge in [0.1, 0.15) is 17.2 Å². The van der Waals surface area contributed by atoms with Crippen molar-refractivity contribution < 1.29 is 29.0 Å². The fourth-order valence-electron chi connectivity index (χ4n) is 4.45. The summed E-state index contributed by atoms with van der Waals surface area (Å²) in [6.45, 7) is 6.34. The van der Waals surface area contributed by atoms with E-state index in [1.54, 1.807) is 52.1 Å². The average molecular weight is 484 g/mol. The maximum absolute atomic E-state index is 13.3. The van der Waals surface area contributed by atoms with Crippen LogP contribution in [0.4, 0.5) is 0 Å². The van der Waals surface area contributed by atoms with Crippen LogP contribution in [0.25, 0.3) is 5.76 Å². The van der Waals surface area contributed by atoms with Crippen LogP contribution < -0.4 is 4.74 Å². The number of rotatable bonds is 9. The molecule has 1 atom stereocenters.